The normalized spacial score (nSPS) is 10.8. The largest absolute Gasteiger partial charge is 0.322 e. The van der Waals surface area contributed by atoms with Crippen molar-refractivity contribution in [1.82, 2.24) is 14.6 Å². The number of hydrogen-bond acceptors (Lipinski definition) is 4. The molecule has 150 valence electrons. The zero-order chi connectivity index (χ0) is 21.3. The average Bonchev–Trinajstić information content (AvgIpc) is 3.15. The molecule has 9 heteroatoms. The Morgan fingerprint density at radius 1 is 1.00 bits per heavy atom. The lowest BCUT2D eigenvalue weighted by molar-refractivity contribution is 0.101. The van der Waals surface area contributed by atoms with E-state index >= 15 is 0 Å². The fourth-order valence-corrected chi connectivity index (χ4v) is 2.92. The van der Waals surface area contributed by atoms with Crippen molar-refractivity contribution in [3.63, 3.8) is 0 Å². The van der Waals surface area contributed by atoms with Crippen LogP contribution in [0, 0.1) is 18.6 Å². The van der Waals surface area contributed by atoms with Crippen molar-refractivity contribution in [2.75, 3.05) is 10.6 Å². The molecule has 2 amide bonds. The third-order valence-corrected chi connectivity index (χ3v) is 4.46. The zero-order valence-corrected chi connectivity index (χ0v) is 15.7. The van der Waals surface area contributed by atoms with Crippen LogP contribution in [-0.4, -0.2) is 26.4 Å². The van der Waals surface area contributed by atoms with Gasteiger partial charge in [-0.25, -0.2) is 13.3 Å². The molecule has 7 nitrogen and oxygen atoms in total. The number of hydrogen-bond donors (Lipinski definition) is 2. The summed E-state index contributed by atoms with van der Waals surface area (Å²) in [6.45, 7) is 1.62. The maximum atomic E-state index is 14.4. The van der Waals surface area contributed by atoms with Crippen LogP contribution in [0.3, 0.4) is 0 Å². The molecular weight excluding hydrogens is 392 g/mol. The number of halogens is 2. The molecule has 4 aromatic rings. The van der Waals surface area contributed by atoms with Gasteiger partial charge in [0, 0.05) is 18.1 Å². The van der Waals surface area contributed by atoms with Crippen LogP contribution in [0.2, 0.25) is 0 Å². The number of carbonyl (C=O) groups excluding carboxylic acids is 2. The predicted molar refractivity (Wildman–Crippen MR) is 106 cm³/mol. The Kier molecular flexibility index (Phi) is 4.93. The van der Waals surface area contributed by atoms with Crippen molar-refractivity contribution in [3.05, 3.63) is 89.5 Å². The van der Waals surface area contributed by atoms with Gasteiger partial charge in [-0.05, 0) is 48.9 Å². The fourth-order valence-electron chi connectivity index (χ4n) is 2.92. The standard InChI is InChI=1S/C21H15F2N5O2/c1-12-7-16(23)18(27-20(29)13-3-2-6-24-9-13)8-17(12)26-21(30)15-10-25-28-11-14(22)4-5-19(15)28/h2-11H,1H3,(H,26,30)(H,27,29). The molecule has 0 saturated carbocycles. The summed E-state index contributed by atoms with van der Waals surface area (Å²) in [5.74, 6) is -2.17. The number of nitrogens with zero attached hydrogens (tertiary/aromatic N) is 3. The van der Waals surface area contributed by atoms with E-state index in [1.54, 1.807) is 19.1 Å². The Bertz CT molecular complexity index is 1270. The highest BCUT2D eigenvalue weighted by Crippen LogP contribution is 2.25. The van der Waals surface area contributed by atoms with E-state index in [0.29, 0.717) is 16.8 Å². The quantitative estimate of drug-likeness (QED) is 0.538. The van der Waals surface area contributed by atoms with Crippen molar-refractivity contribution in [2.45, 2.75) is 6.92 Å². The molecule has 0 unspecified atom stereocenters. The van der Waals surface area contributed by atoms with Crippen LogP contribution >= 0.6 is 0 Å². The molecular formula is C21H15F2N5O2. The minimum absolute atomic E-state index is 0.0910. The van der Waals surface area contributed by atoms with Gasteiger partial charge in [-0.2, -0.15) is 5.10 Å². The Morgan fingerprint density at radius 3 is 2.57 bits per heavy atom. The zero-order valence-electron chi connectivity index (χ0n) is 15.7. The highest BCUT2D eigenvalue weighted by atomic mass is 19.1. The maximum absolute atomic E-state index is 14.4. The molecule has 0 saturated heterocycles. The van der Waals surface area contributed by atoms with Gasteiger partial charge >= 0.3 is 0 Å². The van der Waals surface area contributed by atoms with Crippen molar-refractivity contribution in [1.29, 1.82) is 0 Å². The molecule has 0 bridgehead atoms. The second kappa shape index (κ2) is 7.70. The number of anilines is 2. The van der Waals surface area contributed by atoms with Gasteiger partial charge in [-0.15, -0.1) is 0 Å². The van der Waals surface area contributed by atoms with E-state index in [-0.39, 0.29) is 16.8 Å². The molecule has 3 aromatic heterocycles. The number of pyridine rings is 2. The van der Waals surface area contributed by atoms with Crippen LogP contribution in [0.1, 0.15) is 26.3 Å². The fraction of sp³-hybridized carbons (Fsp3) is 0.0476. The molecule has 0 atom stereocenters. The van der Waals surface area contributed by atoms with Gasteiger partial charge in [0.1, 0.15) is 11.6 Å². The second-order valence-corrected chi connectivity index (χ2v) is 6.53. The number of benzene rings is 1. The highest BCUT2D eigenvalue weighted by molar-refractivity contribution is 6.09. The summed E-state index contributed by atoms with van der Waals surface area (Å²) in [7, 11) is 0. The van der Waals surface area contributed by atoms with Crippen LogP contribution in [0.5, 0.6) is 0 Å². The van der Waals surface area contributed by atoms with Crippen molar-refractivity contribution >= 4 is 28.7 Å². The van der Waals surface area contributed by atoms with Gasteiger partial charge in [-0.3, -0.25) is 14.6 Å². The number of fused-ring (bicyclic) bond motifs is 1. The van der Waals surface area contributed by atoms with E-state index in [1.165, 1.54) is 47.4 Å². The van der Waals surface area contributed by atoms with Crippen LogP contribution in [0.25, 0.3) is 5.52 Å². The molecule has 0 radical (unpaired) electrons. The van der Waals surface area contributed by atoms with Crippen molar-refractivity contribution in [3.8, 4) is 0 Å². The van der Waals surface area contributed by atoms with Gasteiger partial charge in [0.25, 0.3) is 11.8 Å². The first-order chi connectivity index (χ1) is 14.4. The van der Waals surface area contributed by atoms with Gasteiger partial charge < -0.3 is 10.6 Å². The first-order valence-electron chi connectivity index (χ1n) is 8.88. The van der Waals surface area contributed by atoms with Gasteiger partial charge in [0.15, 0.2) is 0 Å². The Hall–Kier alpha value is -4.14. The Balaban J connectivity index is 1.60. The van der Waals surface area contributed by atoms with Crippen molar-refractivity contribution < 1.29 is 18.4 Å². The smallest absolute Gasteiger partial charge is 0.259 e. The second-order valence-electron chi connectivity index (χ2n) is 6.53. The third kappa shape index (κ3) is 3.72. The van der Waals surface area contributed by atoms with E-state index in [4.69, 9.17) is 0 Å². The lowest BCUT2D eigenvalue weighted by atomic mass is 10.1. The number of aromatic nitrogens is 3. The molecule has 0 aliphatic heterocycles. The number of aryl methyl sites for hydroxylation is 1. The number of nitrogens with one attached hydrogen (secondary N) is 2. The van der Waals surface area contributed by atoms with Crippen LogP contribution in [0.4, 0.5) is 20.2 Å². The summed E-state index contributed by atoms with van der Waals surface area (Å²) in [5.41, 5.74) is 1.58. The number of rotatable bonds is 4. The SMILES string of the molecule is Cc1cc(F)c(NC(=O)c2cccnc2)cc1NC(=O)c1cnn2cc(F)ccc12. The Morgan fingerprint density at radius 2 is 1.80 bits per heavy atom. The molecule has 1 aromatic carbocycles. The molecule has 0 aliphatic rings. The van der Waals surface area contributed by atoms with Crippen LogP contribution < -0.4 is 10.6 Å². The number of carbonyl (C=O) groups is 2. The van der Waals surface area contributed by atoms with E-state index < -0.39 is 23.4 Å². The van der Waals surface area contributed by atoms with E-state index in [0.717, 1.165) is 6.20 Å². The molecule has 0 aliphatic carbocycles. The van der Waals surface area contributed by atoms with E-state index in [9.17, 15) is 18.4 Å². The average molecular weight is 407 g/mol. The van der Waals surface area contributed by atoms with E-state index in [2.05, 4.69) is 20.7 Å². The molecule has 30 heavy (non-hydrogen) atoms. The van der Waals surface area contributed by atoms with Gasteiger partial charge in [0.05, 0.1) is 34.7 Å². The minimum atomic E-state index is -0.644. The minimum Gasteiger partial charge on any atom is -0.322 e. The summed E-state index contributed by atoms with van der Waals surface area (Å²) < 4.78 is 28.9. The summed E-state index contributed by atoms with van der Waals surface area (Å²) in [5, 5.41) is 9.12. The first kappa shape index (κ1) is 19.2. The molecule has 0 spiro atoms. The molecule has 3 heterocycles. The summed E-state index contributed by atoms with van der Waals surface area (Å²) in [4.78, 5) is 28.9. The maximum Gasteiger partial charge on any atom is 0.259 e. The monoisotopic (exact) mass is 407 g/mol. The van der Waals surface area contributed by atoms with Crippen molar-refractivity contribution in [2.24, 2.45) is 0 Å². The van der Waals surface area contributed by atoms with Crippen LogP contribution in [0.15, 0.2) is 61.2 Å². The molecule has 0 fully saturated rings. The molecule has 4 rings (SSSR count). The summed E-state index contributed by atoms with van der Waals surface area (Å²) >= 11 is 0. The van der Waals surface area contributed by atoms with Crippen LogP contribution in [-0.2, 0) is 0 Å². The number of amides is 2. The predicted octanol–water partition coefficient (Wildman–Crippen LogP) is 3.82. The summed E-state index contributed by atoms with van der Waals surface area (Å²) in [6, 6.07) is 8.35. The third-order valence-electron chi connectivity index (χ3n) is 4.46. The lowest BCUT2D eigenvalue weighted by Crippen LogP contribution is -2.16. The summed E-state index contributed by atoms with van der Waals surface area (Å²) in [6.07, 6.45) is 5.35. The first-order valence-corrected chi connectivity index (χ1v) is 8.88. The lowest BCUT2D eigenvalue weighted by Gasteiger charge is -2.12. The van der Waals surface area contributed by atoms with Gasteiger partial charge in [0.2, 0.25) is 0 Å². The highest BCUT2D eigenvalue weighted by Gasteiger charge is 2.17. The Labute approximate surface area is 169 Å². The van der Waals surface area contributed by atoms with E-state index in [1.807, 2.05) is 0 Å². The topological polar surface area (TPSA) is 88.4 Å². The van der Waals surface area contributed by atoms with Gasteiger partial charge in [-0.1, -0.05) is 0 Å². The molecule has 2 N–H and O–H groups in total.